The van der Waals surface area contributed by atoms with Gasteiger partial charge in [-0.3, -0.25) is 9.69 Å². The van der Waals surface area contributed by atoms with Crippen LogP contribution in [-0.4, -0.2) is 43.7 Å². The van der Waals surface area contributed by atoms with E-state index in [1.807, 2.05) is 30.5 Å². The number of carbonyl (C=O) groups excluding carboxylic acids is 2. The van der Waals surface area contributed by atoms with E-state index < -0.39 is 5.97 Å². The van der Waals surface area contributed by atoms with Crippen LogP contribution in [0.4, 0.5) is 5.69 Å². The maximum Gasteiger partial charge on any atom is 0.373 e. The van der Waals surface area contributed by atoms with Crippen molar-refractivity contribution in [1.82, 2.24) is 4.90 Å². The number of nitrogens with zero attached hydrogens (tertiary/aromatic N) is 1. The van der Waals surface area contributed by atoms with Crippen LogP contribution < -0.4 is 5.32 Å². The van der Waals surface area contributed by atoms with Crippen LogP contribution >= 0.6 is 11.8 Å². The minimum Gasteiger partial charge on any atom is -0.463 e. The van der Waals surface area contributed by atoms with E-state index in [0.29, 0.717) is 12.3 Å². The van der Waals surface area contributed by atoms with Crippen molar-refractivity contribution in [2.45, 2.75) is 11.4 Å². The summed E-state index contributed by atoms with van der Waals surface area (Å²) >= 11 is 1.58. The van der Waals surface area contributed by atoms with Crippen LogP contribution in [0.1, 0.15) is 16.3 Å². The normalized spacial score (nSPS) is 10.7. The largest absolute Gasteiger partial charge is 0.463 e. The van der Waals surface area contributed by atoms with Crippen LogP contribution in [0.3, 0.4) is 0 Å². The number of hydrogen-bond donors (Lipinski definition) is 1. The summed E-state index contributed by atoms with van der Waals surface area (Å²) < 4.78 is 9.99. The molecule has 0 atom stereocenters. The van der Waals surface area contributed by atoms with Gasteiger partial charge in [0.15, 0.2) is 0 Å². The van der Waals surface area contributed by atoms with Crippen molar-refractivity contribution in [3.05, 3.63) is 47.9 Å². The summed E-state index contributed by atoms with van der Waals surface area (Å²) in [7, 11) is 3.10. The second-order valence-electron chi connectivity index (χ2n) is 5.18. The van der Waals surface area contributed by atoms with Crippen LogP contribution in [0.2, 0.25) is 0 Å². The fraction of sp³-hybridized carbons (Fsp3) is 0.294. The Hall–Kier alpha value is -2.25. The van der Waals surface area contributed by atoms with E-state index in [4.69, 9.17) is 4.42 Å². The lowest BCUT2D eigenvalue weighted by molar-refractivity contribution is -0.117. The van der Waals surface area contributed by atoms with Gasteiger partial charge in [-0.25, -0.2) is 4.79 Å². The highest BCUT2D eigenvalue weighted by Crippen LogP contribution is 2.24. The molecule has 1 aromatic heterocycles. The van der Waals surface area contributed by atoms with Gasteiger partial charge in [0.25, 0.3) is 0 Å². The lowest BCUT2D eigenvalue weighted by Crippen LogP contribution is -2.29. The number of rotatable bonds is 7. The quantitative estimate of drug-likeness (QED) is 0.613. The smallest absolute Gasteiger partial charge is 0.373 e. The minimum absolute atomic E-state index is 0.112. The number of amides is 1. The zero-order valence-corrected chi connectivity index (χ0v) is 14.7. The molecule has 0 aliphatic rings. The fourth-order valence-corrected chi connectivity index (χ4v) is 2.73. The van der Waals surface area contributed by atoms with Gasteiger partial charge in [-0.2, -0.15) is 0 Å². The molecular formula is C17H20N2O4S. The molecule has 0 saturated heterocycles. The number of likely N-dealkylation sites (N-methyl/N-ethyl adjacent to an activating group) is 1. The molecule has 2 aromatic rings. The summed E-state index contributed by atoms with van der Waals surface area (Å²) in [6.45, 7) is 0.617. The monoisotopic (exact) mass is 348 g/mol. The Morgan fingerprint density at radius 2 is 2.00 bits per heavy atom. The van der Waals surface area contributed by atoms with E-state index in [1.54, 1.807) is 35.8 Å². The van der Waals surface area contributed by atoms with Crippen LogP contribution in [0, 0.1) is 0 Å². The molecule has 1 aromatic carbocycles. The van der Waals surface area contributed by atoms with Gasteiger partial charge in [-0.1, -0.05) is 12.1 Å². The molecule has 128 valence electrons. The number of furan rings is 1. The first-order chi connectivity index (χ1) is 11.5. The van der Waals surface area contributed by atoms with Crippen LogP contribution in [0.25, 0.3) is 0 Å². The topological polar surface area (TPSA) is 71.8 Å². The van der Waals surface area contributed by atoms with Gasteiger partial charge >= 0.3 is 5.97 Å². The lowest BCUT2D eigenvalue weighted by Gasteiger charge is -2.15. The Morgan fingerprint density at radius 3 is 2.71 bits per heavy atom. The molecule has 0 bridgehead atoms. The molecule has 6 nitrogen and oxygen atoms in total. The van der Waals surface area contributed by atoms with Gasteiger partial charge in [0.2, 0.25) is 11.7 Å². The number of hydrogen-bond acceptors (Lipinski definition) is 6. The number of esters is 1. The van der Waals surface area contributed by atoms with Gasteiger partial charge in [-0.05, 0) is 37.6 Å². The van der Waals surface area contributed by atoms with Crippen LogP contribution in [0.5, 0.6) is 0 Å². The van der Waals surface area contributed by atoms with E-state index in [9.17, 15) is 9.59 Å². The standard InChI is InChI=1S/C17H20N2O4S/c1-19(10-12-8-9-14(23-12)17(21)22-2)11-16(20)18-13-6-4-5-7-15(13)24-3/h4-9H,10-11H2,1-3H3,(H,18,20). The summed E-state index contributed by atoms with van der Waals surface area (Å²) in [5, 5.41) is 2.90. The first-order valence-electron chi connectivity index (χ1n) is 7.32. The molecule has 2 rings (SSSR count). The molecule has 0 fully saturated rings. The third-order valence-electron chi connectivity index (χ3n) is 3.27. The Kier molecular flexibility index (Phi) is 6.45. The first kappa shape index (κ1) is 18.1. The number of para-hydroxylation sites is 1. The molecule has 7 heteroatoms. The zero-order valence-electron chi connectivity index (χ0n) is 13.9. The molecule has 0 unspecified atom stereocenters. The van der Waals surface area contributed by atoms with Gasteiger partial charge < -0.3 is 14.5 Å². The molecule has 0 radical (unpaired) electrons. The van der Waals surface area contributed by atoms with Crippen molar-refractivity contribution < 1.29 is 18.7 Å². The van der Waals surface area contributed by atoms with Crippen molar-refractivity contribution in [1.29, 1.82) is 0 Å². The predicted octanol–water partition coefficient (Wildman–Crippen LogP) is 2.86. The molecule has 1 N–H and O–H groups in total. The summed E-state index contributed by atoms with van der Waals surface area (Å²) in [6, 6.07) is 10.9. The number of methoxy groups -OCH3 is 1. The average molecular weight is 348 g/mol. The Bertz CT molecular complexity index is 714. The number of ether oxygens (including phenoxy) is 1. The van der Waals surface area contributed by atoms with E-state index in [2.05, 4.69) is 10.1 Å². The third-order valence-corrected chi connectivity index (χ3v) is 4.06. The highest BCUT2D eigenvalue weighted by molar-refractivity contribution is 7.98. The lowest BCUT2D eigenvalue weighted by atomic mass is 10.3. The summed E-state index contributed by atoms with van der Waals surface area (Å²) in [5.74, 6) is 0.114. The van der Waals surface area contributed by atoms with Gasteiger partial charge in [0, 0.05) is 4.90 Å². The molecule has 0 aliphatic heterocycles. The molecule has 0 saturated carbocycles. The molecule has 24 heavy (non-hydrogen) atoms. The van der Waals surface area contributed by atoms with Crippen molar-refractivity contribution in [2.75, 3.05) is 32.3 Å². The first-order valence-corrected chi connectivity index (χ1v) is 8.54. The summed E-state index contributed by atoms with van der Waals surface area (Å²) in [6.07, 6.45) is 1.97. The van der Waals surface area contributed by atoms with Crippen molar-refractivity contribution in [2.24, 2.45) is 0 Å². The van der Waals surface area contributed by atoms with E-state index in [0.717, 1.165) is 10.6 Å². The van der Waals surface area contributed by atoms with E-state index >= 15 is 0 Å². The summed E-state index contributed by atoms with van der Waals surface area (Å²) in [4.78, 5) is 26.4. The molecule has 0 aliphatic carbocycles. The molecular weight excluding hydrogens is 328 g/mol. The Balaban J connectivity index is 1.89. The zero-order chi connectivity index (χ0) is 17.5. The van der Waals surface area contributed by atoms with Crippen molar-refractivity contribution in [3.8, 4) is 0 Å². The average Bonchev–Trinajstić information content (AvgIpc) is 3.02. The van der Waals surface area contributed by atoms with Gasteiger partial charge in [0.1, 0.15) is 5.76 Å². The molecule has 0 spiro atoms. The second kappa shape index (κ2) is 8.56. The van der Waals surface area contributed by atoms with E-state index in [1.165, 1.54) is 7.11 Å². The highest BCUT2D eigenvalue weighted by atomic mass is 32.2. The maximum atomic E-state index is 12.2. The summed E-state index contributed by atoms with van der Waals surface area (Å²) in [5.41, 5.74) is 0.800. The molecule has 1 amide bonds. The fourth-order valence-electron chi connectivity index (χ4n) is 2.18. The Labute approximate surface area is 145 Å². The highest BCUT2D eigenvalue weighted by Gasteiger charge is 2.14. The number of anilines is 1. The van der Waals surface area contributed by atoms with Crippen LogP contribution in [0.15, 0.2) is 45.7 Å². The SMILES string of the molecule is COC(=O)c1ccc(CN(C)CC(=O)Nc2ccccc2SC)o1. The molecule has 1 heterocycles. The van der Waals surface area contributed by atoms with Gasteiger partial charge in [-0.15, -0.1) is 11.8 Å². The van der Waals surface area contributed by atoms with Crippen LogP contribution in [-0.2, 0) is 16.1 Å². The third kappa shape index (κ3) is 4.87. The predicted molar refractivity (Wildman–Crippen MR) is 93.2 cm³/mol. The van der Waals surface area contributed by atoms with E-state index in [-0.39, 0.29) is 18.2 Å². The van der Waals surface area contributed by atoms with Crippen molar-refractivity contribution in [3.63, 3.8) is 0 Å². The number of nitrogens with one attached hydrogen (secondary N) is 1. The van der Waals surface area contributed by atoms with Gasteiger partial charge in [0.05, 0.1) is 25.9 Å². The van der Waals surface area contributed by atoms with Crippen molar-refractivity contribution >= 4 is 29.3 Å². The number of carbonyl (C=O) groups is 2. The maximum absolute atomic E-state index is 12.2. The number of thioether (sulfide) groups is 1. The minimum atomic E-state index is -0.518. The second-order valence-corrected chi connectivity index (χ2v) is 6.03. The number of benzene rings is 1. The Morgan fingerprint density at radius 1 is 1.25 bits per heavy atom.